The topological polar surface area (TPSA) is 69.1 Å². The van der Waals surface area contributed by atoms with Crippen LogP contribution in [-0.2, 0) is 0 Å². The van der Waals surface area contributed by atoms with Gasteiger partial charge in [-0.3, -0.25) is 0 Å². The number of benzene rings is 1. The van der Waals surface area contributed by atoms with E-state index in [0.717, 1.165) is 5.56 Å². The van der Waals surface area contributed by atoms with Gasteiger partial charge in [-0.25, -0.2) is 4.39 Å². The Balaban J connectivity index is 2.14. The van der Waals surface area contributed by atoms with Crippen molar-refractivity contribution < 1.29 is 4.39 Å². The van der Waals surface area contributed by atoms with Crippen LogP contribution in [0.25, 0.3) is 16.9 Å². The van der Waals surface area contributed by atoms with Gasteiger partial charge in [0.15, 0.2) is 11.5 Å². The van der Waals surface area contributed by atoms with Gasteiger partial charge in [0.25, 0.3) is 0 Å². The quantitative estimate of drug-likeness (QED) is 0.761. The fourth-order valence-corrected chi connectivity index (χ4v) is 1.86. The maximum atomic E-state index is 12.9. The van der Waals surface area contributed by atoms with E-state index in [-0.39, 0.29) is 11.9 Å². The smallest absolute Gasteiger partial charge is 0.178 e. The van der Waals surface area contributed by atoms with Crippen LogP contribution in [0.5, 0.6) is 0 Å². The third-order valence-electron chi connectivity index (χ3n) is 2.83. The highest BCUT2D eigenvalue weighted by Gasteiger charge is 2.11. The maximum absolute atomic E-state index is 12.9. The third kappa shape index (κ3) is 2.06. The number of hydrogen-bond donors (Lipinski definition) is 1. The first kappa shape index (κ1) is 11.7. The number of nitrogens with zero attached hydrogens (tertiary/aromatic N) is 4. The summed E-state index contributed by atoms with van der Waals surface area (Å²) in [6, 6.07) is 9.54. The number of fused-ring (bicyclic) bond motifs is 1. The monoisotopic (exact) mass is 257 g/mol. The Labute approximate surface area is 108 Å². The second kappa shape index (κ2) is 4.40. The van der Waals surface area contributed by atoms with Gasteiger partial charge < -0.3 is 5.73 Å². The molecule has 2 heterocycles. The summed E-state index contributed by atoms with van der Waals surface area (Å²) in [6.45, 7) is 1.82. The largest absolute Gasteiger partial charge is 0.321 e. The van der Waals surface area contributed by atoms with Gasteiger partial charge in [0.2, 0.25) is 0 Å². The molecular formula is C13H12FN5. The zero-order valence-electron chi connectivity index (χ0n) is 10.3. The highest BCUT2D eigenvalue weighted by Crippen LogP contribution is 2.18. The molecular weight excluding hydrogens is 245 g/mol. The highest BCUT2D eigenvalue weighted by atomic mass is 19.1. The first-order chi connectivity index (χ1) is 9.15. The SMILES string of the molecule is C[C@@H](N)c1nnc2ccc(-c3ccc(F)cc3)nn12. The molecule has 2 N–H and O–H groups in total. The summed E-state index contributed by atoms with van der Waals surface area (Å²) >= 11 is 0. The molecule has 0 radical (unpaired) electrons. The summed E-state index contributed by atoms with van der Waals surface area (Å²) in [5.74, 6) is 0.323. The van der Waals surface area contributed by atoms with Crippen molar-refractivity contribution in [2.75, 3.05) is 0 Å². The molecule has 0 saturated carbocycles. The molecule has 3 aromatic rings. The Morgan fingerprint density at radius 3 is 2.53 bits per heavy atom. The Kier molecular flexibility index (Phi) is 2.72. The van der Waals surface area contributed by atoms with Crippen LogP contribution in [0.15, 0.2) is 36.4 Å². The van der Waals surface area contributed by atoms with E-state index in [1.54, 1.807) is 16.6 Å². The van der Waals surface area contributed by atoms with Crippen molar-refractivity contribution in [3.63, 3.8) is 0 Å². The Morgan fingerprint density at radius 1 is 1.11 bits per heavy atom. The molecule has 0 aliphatic carbocycles. The van der Waals surface area contributed by atoms with Crippen molar-refractivity contribution in [3.05, 3.63) is 48.0 Å². The number of halogens is 1. The molecule has 0 amide bonds. The van der Waals surface area contributed by atoms with Crippen molar-refractivity contribution in [1.29, 1.82) is 0 Å². The normalized spacial score (nSPS) is 12.8. The molecule has 0 bridgehead atoms. The van der Waals surface area contributed by atoms with E-state index >= 15 is 0 Å². The van der Waals surface area contributed by atoms with E-state index in [1.807, 2.05) is 19.1 Å². The van der Waals surface area contributed by atoms with Crippen LogP contribution in [-0.4, -0.2) is 19.8 Å². The lowest BCUT2D eigenvalue weighted by atomic mass is 10.1. The summed E-state index contributed by atoms with van der Waals surface area (Å²) in [5.41, 5.74) is 8.00. The highest BCUT2D eigenvalue weighted by molar-refractivity contribution is 5.60. The minimum atomic E-state index is -0.273. The molecule has 0 unspecified atom stereocenters. The average Bonchev–Trinajstić information content (AvgIpc) is 2.82. The van der Waals surface area contributed by atoms with Crippen molar-refractivity contribution >= 4 is 5.65 Å². The Hall–Kier alpha value is -2.34. The molecule has 2 aromatic heterocycles. The van der Waals surface area contributed by atoms with E-state index in [1.165, 1.54) is 12.1 Å². The maximum Gasteiger partial charge on any atom is 0.178 e. The van der Waals surface area contributed by atoms with Crippen molar-refractivity contribution in [2.45, 2.75) is 13.0 Å². The van der Waals surface area contributed by atoms with Gasteiger partial charge in [-0.2, -0.15) is 9.61 Å². The van der Waals surface area contributed by atoms with Gasteiger partial charge in [0.05, 0.1) is 11.7 Å². The Bertz CT molecular complexity index is 717. The van der Waals surface area contributed by atoms with Gasteiger partial charge in [-0.05, 0) is 43.3 Å². The Morgan fingerprint density at radius 2 is 1.84 bits per heavy atom. The van der Waals surface area contributed by atoms with Crippen LogP contribution in [0.4, 0.5) is 4.39 Å². The number of hydrogen-bond acceptors (Lipinski definition) is 4. The molecule has 0 spiro atoms. The molecule has 0 aliphatic rings. The van der Waals surface area contributed by atoms with Gasteiger partial charge in [-0.1, -0.05) is 0 Å². The van der Waals surface area contributed by atoms with E-state index < -0.39 is 0 Å². The summed E-state index contributed by atoms with van der Waals surface area (Å²) in [4.78, 5) is 0. The van der Waals surface area contributed by atoms with Gasteiger partial charge in [0.1, 0.15) is 5.82 Å². The first-order valence-electron chi connectivity index (χ1n) is 5.89. The summed E-state index contributed by atoms with van der Waals surface area (Å²) in [5, 5.41) is 12.5. The lowest BCUT2D eigenvalue weighted by Gasteiger charge is -2.04. The average molecular weight is 257 g/mol. The molecule has 1 aromatic carbocycles. The summed E-state index contributed by atoms with van der Waals surface area (Å²) < 4.78 is 14.5. The molecule has 96 valence electrons. The standard InChI is InChI=1S/C13H12FN5/c1-8(15)13-17-16-12-7-6-11(18-19(12)13)9-2-4-10(14)5-3-9/h2-8H,15H2,1H3/t8-/m1/s1. The predicted molar refractivity (Wildman–Crippen MR) is 68.8 cm³/mol. The van der Waals surface area contributed by atoms with Crippen LogP contribution in [0.1, 0.15) is 18.8 Å². The second-order valence-corrected chi connectivity index (χ2v) is 4.34. The van der Waals surface area contributed by atoms with Crippen molar-refractivity contribution in [3.8, 4) is 11.3 Å². The van der Waals surface area contributed by atoms with Crippen molar-refractivity contribution in [1.82, 2.24) is 19.8 Å². The van der Waals surface area contributed by atoms with E-state index in [9.17, 15) is 4.39 Å². The molecule has 1 atom stereocenters. The second-order valence-electron chi connectivity index (χ2n) is 4.34. The number of nitrogens with two attached hydrogens (primary N) is 1. The zero-order chi connectivity index (χ0) is 13.4. The third-order valence-corrected chi connectivity index (χ3v) is 2.83. The van der Waals surface area contributed by atoms with Crippen LogP contribution >= 0.6 is 0 Å². The molecule has 0 saturated heterocycles. The summed E-state index contributed by atoms with van der Waals surface area (Å²) in [7, 11) is 0. The lowest BCUT2D eigenvalue weighted by molar-refractivity contribution is 0.628. The molecule has 5 nitrogen and oxygen atoms in total. The van der Waals surface area contributed by atoms with E-state index in [0.29, 0.717) is 17.2 Å². The number of aromatic nitrogens is 4. The van der Waals surface area contributed by atoms with E-state index in [4.69, 9.17) is 5.73 Å². The van der Waals surface area contributed by atoms with Crippen LogP contribution < -0.4 is 5.73 Å². The van der Waals surface area contributed by atoms with Crippen molar-refractivity contribution in [2.24, 2.45) is 5.73 Å². The van der Waals surface area contributed by atoms with Crippen LogP contribution in [0.3, 0.4) is 0 Å². The van der Waals surface area contributed by atoms with Gasteiger partial charge >= 0.3 is 0 Å². The van der Waals surface area contributed by atoms with Crippen LogP contribution in [0.2, 0.25) is 0 Å². The molecule has 0 aliphatic heterocycles. The molecule has 3 rings (SSSR count). The lowest BCUT2D eigenvalue weighted by Crippen LogP contribution is -2.11. The van der Waals surface area contributed by atoms with Gasteiger partial charge in [-0.15, -0.1) is 10.2 Å². The molecule has 0 fully saturated rings. The van der Waals surface area contributed by atoms with E-state index in [2.05, 4.69) is 15.3 Å². The number of rotatable bonds is 2. The molecule has 6 heteroatoms. The predicted octanol–water partition coefficient (Wildman–Crippen LogP) is 1.95. The first-order valence-corrected chi connectivity index (χ1v) is 5.89. The molecule has 19 heavy (non-hydrogen) atoms. The van der Waals surface area contributed by atoms with Crippen LogP contribution in [0, 0.1) is 5.82 Å². The minimum Gasteiger partial charge on any atom is -0.321 e. The fourth-order valence-electron chi connectivity index (χ4n) is 1.86. The van der Waals surface area contributed by atoms with Gasteiger partial charge in [0, 0.05) is 5.56 Å². The minimum absolute atomic E-state index is 0.258. The zero-order valence-corrected chi connectivity index (χ0v) is 10.3. The summed E-state index contributed by atoms with van der Waals surface area (Å²) in [6.07, 6.45) is 0. The fraction of sp³-hybridized carbons (Fsp3) is 0.154.